The Kier molecular flexibility index (Phi) is 7.40. The number of halogens is 3. The number of aromatic nitrogens is 2. The maximum Gasteiger partial charge on any atom is 0.251 e. The number of rotatable bonds is 5. The number of benzene rings is 1. The third kappa shape index (κ3) is 5.32. The molecule has 0 saturated carbocycles. The van der Waals surface area contributed by atoms with E-state index in [1.165, 1.54) is 4.57 Å². The van der Waals surface area contributed by atoms with Gasteiger partial charge in [-0.25, -0.2) is 4.98 Å². The van der Waals surface area contributed by atoms with E-state index in [2.05, 4.69) is 5.16 Å². The number of carbonyl (C=O) groups excluding carboxylic acids is 1. The van der Waals surface area contributed by atoms with Gasteiger partial charge in [0.05, 0.1) is 20.7 Å². The van der Waals surface area contributed by atoms with E-state index < -0.39 is 6.10 Å². The number of piperidine rings is 1. The molecule has 11 heteroatoms. The summed E-state index contributed by atoms with van der Waals surface area (Å²) in [6.07, 6.45) is 3.44. The van der Waals surface area contributed by atoms with Crippen LogP contribution in [-0.2, 0) is 16.2 Å². The van der Waals surface area contributed by atoms with Gasteiger partial charge in [0.1, 0.15) is 12.3 Å². The van der Waals surface area contributed by atoms with Crippen LogP contribution in [0.3, 0.4) is 0 Å². The Morgan fingerprint density at radius 1 is 1.17 bits per heavy atom. The largest absolute Gasteiger partial charge is 0.387 e. The van der Waals surface area contributed by atoms with E-state index in [0.717, 1.165) is 34.8 Å². The van der Waals surface area contributed by atoms with Crippen LogP contribution in [0.25, 0.3) is 0 Å². The molecule has 1 fully saturated rings. The van der Waals surface area contributed by atoms with Gasteiger partial charge in [-0.3, -0.25) is 9.59 Å². The fraction of sp³-hybridized carbons (Fsp3) is 0.360. The van der Waals surface area contributed by atoms with Crippen LogP contribution < -0.4 is 5.56 Å². The molecule has 0 spiro atoms. The van der Waals surface area contributed by atoms with Crippen molar-refractivity contribution < 1.29 is 9.63 Å². The SMILES string of the molecule is Cc1ccn(CC(=O)N2CCC(c3nc(C4=NO[C@H](c5c(Cl)cc(Cl)cc5Cl)C4)cs3)CC2)c(=O)c1. The van der Waals surface area contributed by atoms with Crippen LogP contribution in [0, 0.1) is 6.92 Å². The van der Waals surface area contributed by atoms with Crippen molar-refractivity contribution in [2.24, 2.45) is 5.16 Å². The molecule has 2 aliphatic heterocycles. The first-order valence-corrected chi connectivity index (χ1v) is 13.6. The summed E-state index contributed by atoms with van der Waals surface area (Å²) in [5.41, 5.74) is 2.93. The minimum atomic E-state index is -0.391. The van der Waals surface area contributed by atoms with Gasteiger partial charge in [-0.05, 0) is 43.5 Å². The number of aryl methyl sites for hydroxylation is 1. The van der Waals surface area contributed by atoms with E-state index in [0.29, 0.717) is 40.1 Å². The molecular weight excluding hydrogens is 543 g/mol. The summed E-state index contributed by atoms with van der Waals surface area (Å²) in [5, 5.41) is 8.62. The molecule has 1 amide bonds. The maximum atomic E-state index is 12.7. The van der Waals surface area contributed by atoms with Crippen LogP contribution in [0.2, 0.25) is 15.1 Å². The number of thiazole rings is 1. The lowest BCUT2D eigenvalue weighted by molar-refractivity contribution is -0.132. The molecule has 7 nitrogen and oxygen atoms in total. The van der Waals surface area contributed by atoms with Crippen LogP contribution in [0.15, 0.2) is 45.8 Å². The second-order valence-electron chi connectivity index (χ2n) is 9.02. The van der Waals surface area contributed by atoms with Crippen molar-refractivity contribution in [2.45, 2.75) is 44.8 Å². The predicted octanol–water partition coefficient (Wildman–Crippen LogP) is 5.85. The van der Waals surface area contributed by atoms with Crippen LogP contribution in [0.1, 0.15) is 53.1 Å². The summed E-state index contributed by atoms with van der Waals surface area (Å²) < 4.78 is 1.45. The summed E-state index contributed by atoms with van der Waals surface area (Å²) in [6, 6.07) is 6.66. The zero-order valence-corrected chi connectivity index (χ0v) is 22.5. The number of oxime groups is 1. The van der Waals surface area contributed by atoms with Gasteiger partial charge >= 0.3 is 0 Å². The van der Waals surface area contributed by atoms with Crippen molar-refractivity contribution in [3.63, 3.8) is 0 Å². The first-order chi connectivity index (χ1) is 17.3. The molecule has 1 atom stereocenters. The van der Waals surface area contributed by atoms with E-state index >= 15 is 0 Å². The van der Waals surface area contributed by atoms with Crippen molar-refractivity contribution in [2.75, 3.05) is 13.1 Å². The number of amides is 1. The van der Waals surface area contributed by atoms with E-state index in [-0.39, 0.29) is 23.9 Å². The molecular formula is C25H23Cl3N4O3S. The molecule has 0 aliphatic carbocycles. The van der Waals surface area contributed by atoms with E-state index in [4.69, 9.17) is 44.6 Å². The Hall–Kier alpha value is -2.39. The predicted molar refractivity (Wildman–Crippen MR) is 143 cm³/mol. The van der Waals surface area contributed by atoms with Gasteiger partial charge < -0.3 is 14.3 Å². The van der Waals surface area contributed by atoms with Gasteiger partial charge in [-0.2, -0.15) is 0 Å². The lowest BCUT2D eigenvalue weighted by atomic mass is 9.97. The number of hydrogen-bond acceptors (Lipinski definition) is 6. The number of pyridine rings is 1. The first kappa shape index (κ1) is 25.3. The second-order valence-corrected chi connectivity index (χ2v) is 11.2. The highest BCUT2D eigenvalue weighted by Gasteiger charge is 2.31. The summed E-state index contributed by atoms with van der Waals surface area (Å²) in [7, 11) is 0. The fourth-order valence-electron chi connectivity index (χ4n) is 4.51. The Balaban J connectivity index is 1.18. The zero-order valence-electron chi connectivity index (χ0n) is 19.4. The van der Waals surface area contributed by atoms with Crippen molar-refractivity contribution >= 4 is 57.8 Å². The van der Waals surface area contributed by atoms with Gasteiger partial charge in [0.15, 0.2) is 6.10 Å². The third-order valence-corrected chi connectivity index (χ3v) is 8.36. The van der Waals surface area contributed by atoms with Crippen LogP contribution >= 0.6 is 46.1 Å². The molecule has 1 saturated heterocycles. The minimum absolute atomic E-state index is 0.0396. The van der Waals surface area contributed by atoms with Crippen molar-refractivity contribution in [1.82, 2.24) is 14.5 Å². The Bertz CT molecular complexity index is 1370. The van der Waals surface area contributed by atoms with E-state index in [1.54, 1.807) is 35.7 Å². The molecule has 0 unspecified atom stereocenters. The first-order valence-electron chi connectivity index (χ1n) is 11.6. The van der Waals surface area contributed by atoms with Crippen molar-refractivity contribution in [1.29, 1.82) is 0 Å². The average molecular weight is 566 g/mol. The molecule has 2 aromatic heterocycles. The standard InChI is InChI=1S/C25H23Cl3N4O3S/c1-14-2-5-32(22(33)8-14)12-23(34)31-6-3-15(4-7-31)25-29-20(13-36-25)19-11-21(35-30-19)24-17(27)9-16(26)10-18(24)28/h2,5,8-10,13,15,21H,3-4,6-7,11-12H2,1H3/t21-/m0/s1. The molecule has 2 aliphatic rings. The topological polar surface area (TPSA) is 76.8 Å². The molecule has 0 bridgehead atoms. The lowest BCUT2D eigenvalue weighted by Crippen LogP contribution is -2.41. The monoisotopic (exact) mass is 564 g/mol. The van der Waals surface area contributed by atoms with Gasteiger partial charge in [-0.1, -0.05) is 40.0 Å². The molecule has 3 aromatic rings. The van der Waals surface area contributed by atoms with Gasteiger partial charge in [0.25, 0.3) is 5.56 Å². The van der Waals surface area contributed by atoms with E-state index in [9.17, 15) is 9.59 Å². The van der Waals surface area contributed by atoms with Gasteiger partial charge in [0, 0.05) is 53.7 Å². The van der Waals surface area contributed by atoms with Crippen LogP contribution in [0.5, 0.6) is 0 Å². The smallest absolute Gasteiger partial charge is 0.251 e. The molecule has 4 heterocycles. The molecule has 188 valence electrons. The molecule has 1 aromatic carbocycles. The second kappa shape index (κ2) is 10.5. The lowest BCUT2D eigenvalue weighted by Gasteiger charge is -2.31. The van der Waals surface area contributed by atoms with Crippen molar-refractivity contribution in [3.8, 4) is 0 Å². The summed E-state index contributed by atoms with van der Waals surface area (Å²) in [6.45, 7) is 3.20. The Morgan fingerprint density at radius 2 is 1.89 bits per heavy atom. The Labute approximate surface area is 227 Å². The maximum absolute atomic E-state index is 12.7. The highest BCUT2D eigenvalue weighted by Crippen LogP contribution is 2.40. The van der Waals surface area contributed by atoms with Crippen molar-refractivity contribution in [3.05, 3.63) is 83.1 Å². The summed E-state index contributed by atoms with van der Waals surface area (Å²) in [5.74, 6) is 0.232. The fourth-order valence-corrected chi connectivity index (χ4v) is 6.57. The van der Waals surface area contributed by atoms with Crippen LogP contribution in [-0.4, -0.2) is 39.2 Å². The minimum Gasteiger partial charge on any atom is -0.387 e. The molecule has 5 rings (SSSR count). The summed E-state index contributed by atoms with van der Waals surface area (Å²) >= 11 is 20.3. The third-order valence-electron chi connectivity index (χ3n) is 6.51. The Morgan fingerprint density at radius 3 is 2.58 bits per heavy atom. The number of likely N-dealkylation sites (tertiary alicyclic amines) is 1. The summed E-state index contributed by atoms with van der Waals surface area (Å²) in [4.78, 5) is 37.1. The van der Waals surface area contributed by atoms with Gasteiger partial charge in [0.2, 0.25) is 5.91 Å². The zero-order chi connectivity index (χ0) is 25.4. The number of hydrogen-bond donors (Lipinski definition) is 0. The quantitative estimate of drug-likeness (QED) is 0.389. The average Bonchev–Trinajstić information content (AvgIpc) is 3.50. The molecule has 0 radical (unpaired) electrons. The normalized spacial score (nSPS) is 18.3. The number of nitrogens with zero attached hydrogens (tertiary/aromatic N) is 4. The number of carbonyl (C=O) groups is 1. The van der Waals surface area contributed by atoms with Crippen LogP contribution in [0.4, 0.5) is 0 Å². The highest BCUT2D eigenvalue weighted by atomic mass is 35.5. The van der Waals surface area contributed by atoms with E-state index in [1.807, 2.05) is 23.3 Å². The van der Waals surface area contributed by atoms with Gasteiger partial charge in [-0.15, -0.1) is 11.3 Å². The molecule has 36 heavy (non-hydrogen) atoms. The highest BCUT2D eigenvalue weighted by molar-refractivity contribution is 7.10. The molecule has 0 N–H and O–H groups in total.